The van der Waals surface area contributed by atoms with Crippen molar-refractivity contribution in [3.63, 3.8) is 0 Å². The second-order valence-electron chi connectivity index (χ2n) is 6.14. The molecule has 6 heteroatoms. The molecule has 0 bridgehead atoms. The summed E-state index contributed by atoms with van der Waals surface area (Å²) in [5, 5.41) is 6.97. The quantitative estimate of drug-likeness (QED) is 0.887. The van der Waals surface area contributed by atoms with Gasteiger partial charge < -0.3 is 15.4 Å². The Morgan fingerprint density at radius 2 is 2.17 bits per heavy atom. The number of ether oxygens (including phenoxy) is 1. The first-order chi connectivity index (χ1) is 11.6. The van der Waals surface area contributed by atoms with Gasteiger partial charge in [0.05, 0.1) is 12.1 Å². The van der Waals surface area contributed by atoms with E-state index >= 15 is 0 Å². The maximum atomic E-state index is 12.3. The maximum Gasteiger partial charge on any atom is 0.315 e. The Morgan fingerprint density at radius 1 is 1.38 bits per heavy atom. The molecule has 5 nitrogen and oxygen atoms in total. The fourth-order valence-electron chi connectivity index (χ4n) is 2.89. The van der Waals surface area contributed by atoms with Gasteiger partial charge in [0.2, 0.25) is 0 Å². The van der Waals surface area contributed by atoms with Crippen LogP contribution in [0.15, 0.2) is 36.5 Å². The standard InChI is InChI=1S/C18H23N3O2S/c1-12-11-19-17(24-12)13(2)20-18(22)21-15-8-9-23-16(10-15)14-6-4-3-5-7-14/h3-7,11,13,15-16H,8-10H2,1-2H3,(H2,20,21,22). The fourth-order valence-corrected chi connectivity index (χ4v) is 3.66. The number of rotatable bonds is 4. The molecular formula is C18H23N3O2S. The van der Waals surface area contributed by atoms with Gasteiger partial charge in [-0.2, -0.15) is 0 Å². The summed E-state index contributed by atoms with van der Waals surface area (Å²) >= 11 is 1.61. The van der Waals surface area contributed by atoms with Crippen molar-refractivity contribution in [2.24, 2.45) is 0 Å². The van der Waals surface area contributed by atoms with E-state index in [9.17, 15) is 4.79 Å². The summed E-state index contributed by atoms with van der Waals surface area (Å²) in [5.74, 6) is 0. The molecule has 0 radical (unpaired) electrons. The summed E-state index contributed by atoms with van der Waals surface area (Å²) in [7, 11) is 0. The second kappa shape index (κ2) is 7.77. The lowest BCUT2D eigenvalue weighted by Gasteiger charge is -2.30. The number of nitrogens with one attached hydrogen (secondary N) is 2. The number of aromatic nitrogens is 1. The molecule has 0 spiro atoms. The summed E-state index contributed by atoms with van der Waals surface area (Å²) in [5.41, 5.74) is 1.16. The van der Waals surface area contributed by atoms with Crippen LogP contribution in [-0.4, -0.2) is 23.7 Å². The van der Waals surface area contributed by atoms with E-state index in [0.29, 0.717) is 6.61 Å². The van der Waals surface area contributed by atoms with Crippen molar-refractivity contribution in [2.75, 3.05) is 6.61 Å². The van der Waals surface area contributed by atoms with Crippen LogP contribution in [-0.2, 0) is 4.74 Å². The molecule has 3 rings (SSSR count). The van der Waals surface area contributed by atoms with E-state index in [-0.39, 0.29) is 24.2 Å². The minimum absolute atomic E-state index is 0.0456. The zero-order valence-electron chi connectivity index (χ0n) is 14.0. The van der Waals surface area contributed by atoms with Crippen LogP contribution in [0.5, 0.6) is 0 Å². The van der Waals surface area contributed by atoms with Crippen molar-refractivity contribution in [3.8, 4) is 0 Å². The smallest absolute Gasteiger partial charge is 0.315 e. The third-order valence-electron chi connectivity index (χ3n) is 4.15. The number of benzene rings is 1. The van der Waals surface area contributed by atoms with Gasteiger partial charge in [0, 0.05) is 23.7 Å². The number of nitrogens with zero attached hydrogens (tertiary/aromatic N) is 1. The SMILES string of the molecule is Cc1cnc(C(C)NC(=O)NC2CCOC(c3ccccc3)C2)s1. The molecule has 2 heterocycles. The fraction of sp³-hybridized carbons (Fsp3) is 0.444. The highest BCUT2D eigenvalue weighted by atomic mass is 32.1. The van der Waals surface area contributed by atoms with Crippen molar-refractivity contribution in [3.05, 3.63) is 52.0 Å². The van der Waals surface area contributed by atoms with Crippen molar-refractivity contribution >= 4 is 17.4 Å². The lowest BCUT2D eigenvalue weighted by atomic mass is 9.97. The normalized spacial score (nSPS) is 21.9. The lowest BCUT2D eigenvalue weighted by molar-refractivity contribution is 0.00222. The highest BCUT2D eigenvalue weighted by molar-refractivity contribution is 7.11. The highest BCUT2D eigenvalue weighted by Gasteiger charge is 2.25. The van der Waals surface area contributed by atoms with Gasteiger partial charge in [0.15, 0.2) is 0 Å². The van der Waals surface area contributed by atoms with Crippen molar-refractivity contribution in [2.45, 2.75) is 44.9 Å². The van der Waals surface area contributed by atoms with E-state index < -0.39 is 0 Å². The average molecular weight is 345 g/mol. The molecule has 24 heavy (non-hydrogen) atoms. The molecule has 128 valence electrons. The molecule has 1 fully saturated rings. The minimum Gasteiger partial charge on any atom is -0.373 e. The van der Waals surface area contributed by atoms with E-state index in [1.165, 1.54) is 0 Å². The molecule has 3 unspecified atom stereocenters. The number of hydrogen-bond acceptors (Lipinski definition) is 4. The zero-order valence-corrected chi connectivity index (χ0v) is 14.8. The summed E-state index contributed by atoms with van der Waals surface area (Å²) in [6.45, 7) is 4.63. The highest BCUT2D eigenvalue weighted by Crippen LogP contribution is 2.28. The summed E-state index contributed by atoms with van der Waals surface area (Å²) < 4.78 is 5.85. The Morgan fingerprint density at radius 3 is 2.88 bits per heavy atom. The van der Waals surface area contributed by atoms with Gasteiger partial charge in [-0.3, -0.25) is 0 Å². The first kappa shape index (κ1) is 16.9. The predicted octanol–water partition coefficient (Wildman–Crippen LogP) is 3.73. The monoisotopic (exact) mass is 345 g/mol. The van der Waals surface area contributed by atoms with Gasteiger partial charge in [0.25, 0.3) is 0 Å². The van der Waals surface area contributed by atoms with Crippen LogP contribution in [0.1, 0.15) is 47.4 Å². The van der Waals surface area contributed by atoms with E-state index in [1.807, 2.05) is 38.2 Å². The summed E-state index contributed by atoms with van der Waals surface area (Å²) in [6, 6.07) is 10.0. The van der Waals surface area contributed by atoms with Gasteiger partial charge in [-0.1, -0.05) is 30.3 Å². The number of thiazole rings is 1. The van der Waals surface area contributed by atoms with Crippen molar-refractivity contribution in [1.29, 1.82) is 0 Å². The molecule has 3 atom stereocenters. The maximum absolute atomic E-state index is 12.3. The van der Waals surface area contributed by atoms with Gasteiger partial charge in [-0.15, -0.1) is 11.3 Å². The minimum atomic E-state index is -0.144. The van der Waals surface area contributed by atoms with Gasteiger partial charge in [-0.25, -0.2) is 9.78 Å². The van der Waals surface area contributed by atoms with Gasteiger partial charge in [-0.05, 0) is 32.3 Å². The molecule has 0 saturated carbocycles. The molecule has 1 aliphatic heterocycles. The molecule has 2 aromatic rings. The number of carbonyl (C=O) groups is 1. The molecule has 1 aromatic carbocycles. The van der Waals surface area contributed by atoms with Crippen LogP contribution in [0.3, 0.4) is 0 Å². The topological polar surface area (TPSA) is 63.2 Å². The number of urea groups is 1. The van der Waals surface area contributed by atoms with Crippen LogP contribution in [0.2, 0.25) is 0 Å². The number of carbonyl (C=O) groups excluding carboxylic acids is 1. The van der Waals surface area contributed by atoms with E-state index in [4.69, 9.17) is 4.74 Å². The van der Waals surface area contributed by atoms with Gasteiger partial charge in [0.1, 0.15) is 5.01 Å². The Hall–Kier alpha value is -1.92. The largest absolute Gasteiger partial charge is 0.373 e. The Kier molecular flexibility index (Phi) is 5.48. The zero-order chi connectivity index (χ0) is 16.9. The van der Waals surface area contributed by atoms with E-state index in [0.717, 1.165) is 28.3 Å². The average Bonchev–Trinajstić information content (AvgIpc) is 3.02. The number of aryl methyl sites for hydroxylation is 1. The van der Waals surface area contributed by atoms with Crippen LogP contribution in [0.25, 0.3) is 0 Å². The predicted molar refractivity (Wildman–Crippen MR) is 95.1 cm³/mol. The van der Waals surface area contributed by atoms with E-state index in [2.05, 4.69) is 27.8 Å². The van der Waals surface area contributed by atoms with E-state index in [1.54, 1.807) is 11.3 Å². The van der Waals surface area contributed by atoms with Crippen molar-refractivity contribution < 1.29 is 9.53 Å². The Balaban J connectivity index is 1.52. The molecule has 0 aliphatic carbocycles. The van der Waals surface area contributed by atoms with Gasteiger partial charge >= 0.3 is 6.03 Å². The van der Waals surface area contributed by atoms with Crippen LogP contribution >= 0.6 is 11.3 Å². The first-order valence-corrected chi connectivity index (χ1v) is 9.09. The Labute approximate surface area is 146 Å². The van der Waals surface area contributed by atoms with Crippen LogP contribution < -0.4 is 10.6 Å². The Bertz CT molecular complexity index is 674. The van der Waals surface area contributed by atoms with Crippen LogP contribution in [0, 0.1) is 6.92 Å². The number of hydrogen-bond donors (Lipinski definition) is 2. The third-order valence-corrected chi connectivity index (χ3v) is 5.24. The molecule has 2 N–H and O–H groups in total. The number of amides is 2. The molecule has 1 saturated heterocycles. The summed E-state index contributed by atoms with van der Waals surface area (Å²) in [6.07, 6.45) is 3.51. The molecule has 2 amide bonds. The van der Waals surface area contributed by atoms with Crippen molar-refractivity contribution in [1.82, 2.24) is 15.6 Å². The molecule has 1 aromatic heterocycles. The first-order valence-electron chi connectivity index (χ1n) is 8.27. The second-order valence-corrected chi connectivity index (χ2v) is 7.41. The molecule has 1 aliphatic rings. The van der Waals surface area contributed by atoms with Crippen LogP contribution in [0.4, 0.5) is 4.79 Å². The third kappa shape index (κ3) is 4.33. The summed E-state index contributed by atoms with van der Waals surface area (Å²) in [4.78, 5) is 17.7. The molecular weight excluding hydrogens is 322 g/mol. The lowest BCUT2D eigenvalue weighted by Crippen LogP contribution is -2.45.